The molecule has 0 aromatic heterocycles. The molecule has 22 nitrogen and oxygen atoms in total. The second kappa shape index (κ2) is 29.3. The van der Waals surface area contributed by atoms with E-state index in [4.69, 9.17) is 24.7 Å². The van der Waals surface area contributed by atoms with Crippen molar-refractivity contribution in [1.29, 1.82) is 0 Å². The summed E-state index contributed by atoms with van der Waals surface area (Å²) < 4.78 is 23.9. The Morgan fingerprint density at radius 1 is 0.747 bits per heavy atom. The number of nitrogens with zero attached hydrogens (tertiary/aromatic N) is 4. The SMILES string of the molecule is C=C1C[C@H]2[C@H](O)Cc3cc(OCCCCCOc4cc5c(cc4C)C(=O)N4CC(=C)C[C@H]4[C@H](O)N5C(=O)OCc4ccc(CC(=O)[C@H](CCCNC(N)=O)NC(=O)[C@@H](CC(=O)CCCCCN5C(=O)C=CC5=O)C(C)C)cc4)c(OC)cc3C(=O)N2C1. The number of aliphatic hydroxyl groups excluding tert-OH is 2. The van der Waals surface area contributed by atoms with Gasteiger partial charge in [-0.15, -0.1) is 0 Å². The Morgan fingerprint density at radius 3 is 2.05 bits per heavy atom. The van der Waals surface area contributed by atoms with E-state index in [-0.39, 0.29) is 123 Å². The molecule has 0 bridgehead atoms. The lowest BCUT2D eigenvalue weighted by molar-refractivity contribution is -0.137. The summed E-state index contributed by atoms with van der Waals surface area (Å²) in [6.07, 6.45) is 4.64. The summed E-state index contributed by atoms with van der Waals surface area (Å²) in [5, 5.41) is 28.4. The highest BCUT2D eigenvalue weighted by atomic mass is 16.6. The number of aliphatic hydroxyl groups is 2. The first-order valence-electron chi connectivity index (χ1n) is 30.0. The van der Waals surface area contributed by atoms with Crippen molar-refractivity contribution in [2.45, 2.75) is 148 Å². The van der Waals surface area contributed by atoms with Crippen molar-refractivity contribution in [3.63, 3.8) is 0 Å². The summed E-state index contributed by atoms with van der Waals surface area (Å²) >= 11 is 0. The number of imide groups is 1. The van der Waals surface area contributed by atoms with E-state index >= 15 is 0 Å². The number of methoxy groups -OCH3 is 1. The van der Waals surface area contributed by atoms with Crippen molar-refractivity contribution < 1.29 is 72.3 Å². The van der Waals surface area contributed by atoms with Gasteiger partial charge in [0.15, 0.2) is 23.5 Å². The number of Topliss-reactive ketones (excluding diaryl/α,β-unsaturated/α-hetero) is 2. The third-order valence-electron chi connectivity index (χ3n) is 16.8. The van der Waals surface area contributed by atoms with E-state index in [1.165, 1.54) is 24.2 Å². The number of ether oxygens (including phenoxy) is 4. The van der Waals surface area contributed by atoms with Crippen LogP contribution in [-0.2, 0) is 48.2 Å². The number of anilines is 1. The molecule has 8 amide bonds. The van der Waals surface area contributed by atoms with E-state index in [0.717, 1.165) is 20.9 Å². The molecule has 22 heteroatoms. The maximum absolute atomic E-state index is 14.3. The Bertz CT molecular complexity index is 3160. The predicted octanol–water partition coefficient (Wildman–Crippen LogP) is 6.33. The monoisotopic (exact) mass is 1200 g/mol. The number of carbonyl (C=O) groups excluding carboxylic acids is 9. The summed E-state index contributed by atoms with van der Waals surface area (Å²) in [6, 6.07) is 10.6. The number of amides is 8. The zero-order valence-corrected chi connectivity index (χ0v) is 50.1. The molecule has 466 valence electrons. The van der Waals surface area contributed by atoms with Gasteiger partial charge in [0.25, 0.3) is 23.6 Å². The molecule has 3 aromatic rings. The molecule has 3 aromatic carbocycles. The summed E-state index contributed by atoms with van der Waals surface area (Å²) in [5.41, 5.74) is 10.1. The van der Waals surface area contributed by atoms with E-state index in [1.807, 2.05) is 13.8 Å². The van der Waals surface area contributed by atoms with Gasteiger partial charge in [-0.3, -0.25) is 38.5 Å². The Morgan fingerprint density at radius 2 is 1.38 bits per heavy atom. The van der Waals surface area contributed by atoms with Crippen LogP contribution in [0, 0.1) is 18.8 Å². The minimum absolute atomic E-state index is 0.0367. The zero-order valence-electron chi connectivity index (χ0n) is 50.1. The summed E-state index contributed by atoms with van der Waals surface area (Å²) in [4.78, 5) is 123. The molecule has 6 atom stereocenters. The van der Waals surface area contributed by atoms with Gasteiger partial charge in [0, 0.05) is 81.6 Å². The van der Waals surface area contributed by atoms with Gasteiger partial charge in [0.2, 0.25) is 5.91 Å². The normalized spacial score (nSPS) is 19.5. The molecule has 0 unspecified atom stereocenters. The number of hydrogen-bond donors (Lipinski definition) is 5. The van der Waals surface area contributed by atoms with Crippen molar-refractivity contribution in [2.24, 2.45) is 17.6 Å². The van der Waals surface area contributed by atoms with Crippen LogP contribution in [0.4, 0.5) is 15.3 Å². The van der Waals surface area contributed by atoms with E-state index in [1.54, 1.807) is 60.4 Å². The van der Waals surface area contributed by atoms with Crippen molar-refractivity contribution in [2.75, 3.05) is 51.4 Å². The number of hydrogen-bond acceptors (Lipinski definition) is 15. The maximum atomic E-state index is 14.3. The second-order valence-electron chi connectivity index (χ2n) is 23.6. The topological polar surface area (TPSA) is 294 Å². The van der Waals surface area contributed by atoms with E-state index in [0.29, 0.717) is 116 Å². The number of nitrogens with two attached hydrogens (primary N) is 1. The summed E-state index contributed by atoms with van der Waals surface area (Å²) in [6.45, 7) is 15.0. The van der Waals surface area contributed by atoms with Crippen molar-refractivity contribution >= 4 is 58.9 Å². The fraction of sp³-hybridized carbons (Fsp3) is 0.492. The Hall–Kier alpha value is -8.37. The molecule has 0 spiro atoms. The van der Waals surface area contributed by atoms with Crippen LogP contribution in [0.1, 0.15) is 134 Å². The molecule has 6 N–H and O–H groups in total. The van der Waals surface area contributed by atoms with Crippen LogP contribution >= 0.6 is 0 Å². The highest BCUT2D eigenvalue weighted by molar-refractivity contribution is 6.13. The Balaban J connectivity index is 0.854. The molecule has 87 heavy (non-hydrogen) atoms. The second-order valence-corrected chi connectivity index (χ2v) is 23.6. The van der Waals surface area contributed by atoms with Gasteiger partial charge in [-0.2, -0.15) is 0 Å². The van der Waals surface area contributed by atoms with Gasteiger partial charge in [-0.1, -0.05) is 68.8 Å². The van der Waals surface area contributed by atoms with Crippen LogP contribution in [0.3, 0.4) is 0 Å². The fourth-order valence-corrected chi connectivity index (χ4v) is 11.9. The Labute approximate surface area is 507 Å². The number of ketones is 2. The number of unbranched alkanes of at least 4 members (excludes halogenated alkanes) is 4. The number of aryl methyl sites for hydroxylation is 1. The molecular formula is C65H81N7O15. The average Bonchev–Trinajstić information content (AvgIpc) is 1.76. The highest BCUT2D eigenvalue weighted by Gasteiger charge is 2.46. The van der Waals surface area contributed by atoms with E-state index in [9.17, 15) is 53.4 Å². The zero-order chi connectivity index (χ0) is 62.6. The quantitative estimate of drug-likeness (QED) is 0.0288. The van der Waals surface area contributed by atoms with Crippen LogP contribution in [0.2, 0.25) is 0 Å². The molecule has 0 aliphatic carbocycles. The van der Waals surface area contributed by atoms with Gasteiger partial charge < -0.3 is 55.3 Å². The Kier molecular flexibility index (Phi) is 21.8. The van der Waals surface area contributed by atoms with Gasteiger partial charge in [-0.05, 0) is 111 Å². The van der Waals surface area contributed by atoms with Gasteiger partial charge >= 0.3 is 12.1 Å². The number of carbonyl (C=O) groups is 9. The minimum Gasteiger partial charge on any atom is -0.493 e. The summed E-state index contributed by atoms with van der Waals surface area (Å²) in [5.74, 6) is -1.81. The van der Waals surface area contributed by atoms with Gasteiger partial charge in [0.1, 0.15) is 18.1 Å². The number of rotatable bonds is 29. The lowest BCUT2D eigenvalue weighted by Gasteiger charge is -2.31. The first-order valence-corrected chi connectivity index (χ1v) is 30.0. The minimum atomic E-state index is -1.51. The van der Waals surface area contributed by atoms with Crippen LogP contribution < -0.4 is 35.5 Å². The number of nitrogens with one attached hydrogen (secondary N) is 2. The fourth-order valence-electron chi connectivity index (χ4n) is 11.9. The third-order valence-corrected chi connectivity index (χ3v) is 16.8. The van der Waals surface area contributed by atoms with Crippen LogP contribution in [-0.4, -0.2) is 155 Å². The molecular weight excluding hydrogens is 1120 g/mol. The lowest BCUT2D eigenvalue weighted by atomic mass is 9.88. The molecule has 5 heterocycles. The average molecular weight is 1200 g/mol. The number of benzene rings is 3. The predicted molar refractivity (Wildman–Crippen MR) is 321 cm³/mol. The van der Waals surface area contributed by atoms with Crippen molar-refractivity contribution in [1.82, 2.24) is 25.3 Å². The van der Waals surface area contributed by atoms with Crippen LogP contribution in [0.5, 0.6) is 17.2 Å². The largest absolute Gasteiger partial charge is 0.493 e. The van der Waals surface area contributed by atoms with E-state index < -0.39 is 48.4 Å². The summed E-state index contributed by atoms with van der Waals surface area (Å²) in [7, 11) is 1.51. The van der Waals surface area contributed by atoms with Crippen LogP contribution in [0.15, 0.2) is 85.0 Å². The molecule has 2 saturated heterocycles. The number of fused-ring (bicyclic) bond motifs is 4. The number of urea groups is 1. The molecule has 0 saturated carbocycles. The molecule has 8 rings (SSSR count). The molecule has 0 radical (unpaired) electrons. The first-order chi connectivity index (χ1) is 41.6. The smallest absolute Gasteiger partial charge is 0.416 e. The molecule has 2 fully saturated rings. The molecule has 5 aliphatic rings. The number of primary amides is 1. The maximum Gasteiger partial charge on any atom is 0.416 e. The van der Waals surface area contributed by atoms with Gasteiger partial charge in [0.05, 0.1) is 55.8 Å². The standard InChI is InChI=1S/C65H81N7O15/c1-38(2)46(32-45(73)14-9-7-10-23-69-58(76)20-21-59(69)77)60(78)68-49(15-13-22-67-64(66)82)53(74)29-42-16-18-43(19-17-42)37-87-65(83)72-50-34-55(41(5)28-48(50)62(80)71-36-40(4)27-52(71)63(72)81)85-24-11-8-12-25-86-57-31-44-30-54(75)51-26-39(3)35-70(51)61(79)47(44)33-56(57)84-6/h16-21,28,31,33-34,38,46,49,51-52,54,63,75,81H,3-4,7-15,22-27,29-30,32,35-37H2,1-2,5-6H3,(H,68,78)(H3,66,67,82)/t46-,49-,51-,52-,54+,63-/m0/s1. The first kappa shape index (κ1) is 64.6. The highest BCUT2D eigenvalue weighted by Crippen LogP contribution is 2.41. The van der Waals surface area contributed by atoms with E-state index in [2.05, 4.69) is 23.8 Å². The third kappa shape index (κ3) is 16.0. The van der Waals surface area contributed by atoms with Gasteiger partial charge in [-0.25, -0.2) is 14.5 Å². The van der Waals surface area contributed by atoms with Crippen molar-refractivity contribution in [3.8, 4) is 17.2 Å². The van der Waals surface area contributed by atoms with Crippen molar-refractivity contribution in [3.05, 3.63) is 118 Å². The molecule has 5 aliphatic heterocycles. The van der Waals surface area contributed by atoms with Crippen LogP contribution in [0.25, 0.3) is 0 Å². The lowest BCUT2D eigenvalue weighted by Crippen LogP contribution is -2.50.